The highest BCUT2D eigenvalue weighted by molar-refractivity contribution is 7.15. The van der Waals surface area contributed by atoms with Crippen LogP contribution in [-0.2, 0) is 17.8 Å². The maximum atomic E-state index is 12.3. The molecule has 2 aromatic heterocycles. The molecular formula is C16H20N4O3S. The van der Waals surface area contributed by atoms with E-state index >= 15 is 0 Å². The molecule has 0 aliphatic carbocycles. The van der Waals surface area contributed by atoms with Gasteiger partial charge in [-0.15, -0.1) is 11.3 Å². The van der Waals surface area contributed by atoms with E-state index in [4.69, 9.17) is 4.42 Å². The Morgan fingerprint density at radius 1 is 1.50 bits per heavy atom. The summed E-state index contributed by atoms with van der Waals surface area (Å²) in [6.07, 6.45) is 2.32. The Labute approximate surface area is 144 Å². The zero-order chi connectivity index (χ0) is 17.1. The topological polar surface area (TPSA) is 87.5 Å². The van der Waals surface area contributed by atoms with Gasteiger partial charge in [0.2, 0.25) is 5.91 Å². The average Bonchev–Trinajstić information content (AvgIpc) is 3.23. The minimum atomic E-state index is -0.685. The summed E-state index contributed by atoms with van der Waals surface area (Å²) >= 11 is 1.50. The minimum absolute atomic E-state index is 0.180. The number of aromatic nitrogens is 1. The van der Waals surface area contributed by atoms with Crippen LogP contribution in [0.25, 0.3) is 0 Å². The average molecular weight is 348 g/mol. The second kappa shape index (κ2) is 7.14. The van der Waals surface area contributed by atoms with Crippen molar-refractivity contribution in [2.45, 2.75) is 32.9 Å². The van der Waals surface area contributed by atoms with E-state index < -0.39 is 11.9 Å². The number of rotatable bonds is 5. The summed E-state index contributed by atoms with van der Waals surface area (Å²) in [7, 11) is 0. The molecule has 3 heterocycles. The highest BCUT2D eigenvalue weighted by atomic mass is 32.1. The van der Waals surface area contributed by atoms with Gasteiger partial charge in [-0.1, -0.05) is 6.92 Å². The molecule has 0 bridgehead atoms. The van der Waals surface area contributed by atoms with E-state index in [0.717, 1.165) is 31.7 Å². The number of fused-ring (bicyclic) bond motifs is 1. The molecule has 2 aromatic rings. The van der Waals surface area contributed by atoms with Crippen molar-refractivity contribution >= 4 is 28.3 Å². The second-order valence-corrected chi connectivity index (χ2v) is 6.75. The molecule has 0 unspecified atom stereocenters. The third-order valence-corrected chi connectivity index (χ3v) is 4.97. The lowest BCUT2D eigenvalue weighted by Crippen LogP contribution is -2.41. The third-order valence-electron chi connectivity index (χ3n) is 3.97. The molecule has 0 fully saturated rings. The van der Waals surface area contributed by atoms with E-state index in [9.17, 15) is 9.59 Å². The van der Waals surface area contributed by atoms with Gasteiger partial charge in [-0.25, -0.2) is 4.98 Å². The van der Waals surface area contributed by atoms with Crippen LogP contribution in [0, 0.1) is 0 Å². The van der Waals surface area contributed by atoms with Crippen molar-refractivity contribution in [2.24, 2.45) is 0 Å². The van der Waals surface area contributed by atoms with E-state index in [1.54, 1.807) is 19.1 Å². The standard InChI is InChI=1S/C16H20N4O3S/c1-3-20-7-6-11-13(9-20)24-16(18-11)19-14(21)10(2)17-15(22)12-5-4-8-23-12/h4-5,8,10H,3,6-7,9H2,1-2H3,(H,17,22)(H,18,19,21)/t10-/m0/s1. The summed E-state index contributed by atoms with van der Waals surface area (Å²) in [4.78, 5) is 32.2. The molecule has 24 heavy (non-hydrogen) atoms. The van der Waals surface area contributed by atoms with Crippen LogP contribution < -0.4 is 10.6 Å². The highest BCUT2D eigenvalue weighted by Gasteiger charge is 2.22. The molecule has 1 aliphatic heterocycles. The summed E-state index contributed by atoms with van der Waals surface area (Å²) in [5, 5.41) is 5.98. The number of nitrogens with zero attached hydrogens (tertiary/aromatic N) is 2. The van der Waals surface area contributed by atoms with Crippen molar-refractivity contribution in [3.8, 4) is 0 Å². The quantitative estimate of drug-likeness (QED) is 0.861. The largest absolute Gasteiger partial charge is 0.459 e. The molecule has 0 radical (unpaired) electrons. The monoisotopic (exact) mass is 348 g/mol. The molecular weight excluding hydrogens is 328 g/mol. The number of thiazole rings is 1. The number of nitrogens with one attached hydrogen (secondary N) is 2. The summed E-state index contributed by atoms with van der Waals surface area (Å²) < 4.78 is 5.01. The molecule has 2 N–H and O–H groups in total. The fourth-order valence-corrected chi connectivity index (χ4v) is 3.58. The Kier molecular flexibility index (Phi) is 4.96. The molecule has 3 rings (SSSR count). The normalized spacial score (nSPS) is 15.6. The van der Waals surface area contributed by atoms with Gasteiger partial charge in [-0.3, -0.25) is 14.5 Å². The number of anilines is 1. The van der Waals surface area contributed by atoms with Crippen molar-refractivity contribution in [3.05, 3.63) is 34.7 Å². The number of furan rings is 1. The first-order chi connectivity index (χ1) is 11.6. The summed E-state index contributed by atoms with van der Waals surface area (Å²) in [5.74, 6) is -0.535. The predicted molar refractivity (Wildman–Crippen MR) is 91.0 cm³/mol. The number of hydrogen-bond acceptors (Lipinski definition) is 6. The van der Waals surface area contributed by atoms with Crippen LogP contribution in [0.5, 0.6) is 0 Å². The van der Waals surface area contributed by atoms with Crippen molar-refractivity contribution in [3.63, 3.8) is 0 Å². The summed E-state index contributed by atoms with van der Waals surface area (Å²) in [6, 6.07) is 2.49. The highest BCUT2D eigenvalue weighted by Crippen LogP contribution is 2.28. The third kappa shape index (κ3) is 3.65. The van der Waals surface area contributed by atoms with Crippen molar-refractivity contribution in [1.82, 2.24) is 15.2 Å². The maximum Gasteiger partial charge on any atom is 0.287 e. The van der Waals surface area contributed by atoms with Crippen molar-refractivity contribution < 1.29 is 14.0 Å². The lowest BCUT2D eigenvalue weighted by molar-refractivity contribution is -0.117. The van der Waals surface area contributed by atoms with Crippen LogP contribution in [0.4, 0.5) is 5.13 Å². The zero-order valence-electron chi connectivity index (χ0n) is 13.7. The number of likely N-dealkylation sites (N-methyl/N-ethyl adjacent to an activating group) is 1. The minimum Gasteiger partial charge on any atom is -0.459 e. The molecule has 1 aliphatic rings. The van der Waals surface area contributed by atoms with Gasteiger partial charge in [-0.2, -0.15) is 0 Å². The SMILES string of the molecule is CCN1CCc2nc(NC(=O)[C@H](C)NC(=O)c3ccco3)sc2C1. The Bertz CT molecular complexity index is 726. The molecule has 8 heteroatoms. The molecule has 128 valence electrons. The van der Waals surface area contributed by atoms with Crippen molar-refractivity contribution in [1.29, 1.82) is 0 Å². The molecule has 7 nitrogen and oxygen atoms in total. The Morgan fingerprint density at radius 2 is 2.33 bits per heavy atom. The van der Waals surface area contributed by atoms with Crippen LogP contribution in [0.2, 0.25) is 0 Å². The number of amides is 2. The van der Waals surface area contributed by atoms with Gasteiger partial charge < -0.3 is 15.1 Å². The van der Waals surface area contributed by atoms with Crippen LogP contribution in [0.15, 0.2) is 22.8 Å². The molecule has 0 saturated carbocycles. The Balaban J connectivity index is 1.59. The van der Waals surface area contributed by atoms with Gasteiger partial charge >= 0.3 is 0 Å². The molecule has 2 amide bonds. The lowest BCUT2D eigenvalue weighted by atomic mass is 10.2. The van der Waals surface area contributed by atoms with Gasteiger partial charge in [0.25, 0.3) is 5.91 Å². The van der Waals surface area contributed by atoms with Crippen LogP contribution in [-0.4, -0.2) is 40.8 Å². The molecule has 0 saturated heterocycles. The van der Waals surface area contributed by atoms with Crippen LogP contribution in [0.3, 0.4) is 0 Å². The van der Waals surface area contributed by atoms with Gasteiger partial charge in [-0.05, 0) is 25.6 Å². The molecule has 0 spiro atoms. The number of hydrogen-bond donors (Lipinski definition) is 2. The Morgan fingerprint density at radius 3 is 3.04 bits per heavy atom. The summed E-state index contributed by atoms with van der Waals surface area (Å²) in [5.41, 5.74) is 1.06. The first-order valence-corrected chi connectivity index (χ1v) is 8.74. The maximum absolute atomic E-state index is 12.3. The first kappa shape index (κ1) is 16.7. The number of carbonyl (C=O) groups is 2. The lowest BCUT2D eigenvalue weighted by Gasteiger charge is -2.23. The predicted octanol–water partition coefficient (Wildman–Crippen LogP) is 1.87. The second-order valence-electron chi connectivity index (χ2n) is 5.67. The number of carbonyl (C=O) groups excluding carboxylic acids is 2. The zero-order valence-corrected chi connectivity index (χ0v) is 14.5. The Hall–Kier alpha value is -2.19. The smallest absolute Gasteiger partial charge is 0.287 e. The molecule has 1 atom stereocenters. The van der Waals surface area contributed by atoms with Gasteiger partial charge in [0.1, 0.15) is 6.04 Å². The van der Waals surface area contributed by atoms with E-state index in [-0.39, 0.29) is 11.7 Å². The van der Waals surface area contributed by atoms with E-state index in [0.29, 0.717) is 5.13 Å². The van der Waals surface area contributed by atoms with E-state index in [2.05, 4.69) is 27.4 Å². The van der Waals surface area contributed by atoms with E-state index in [1.165, 1.54) is 22.5 Å². The summed E-state index contributed by atoms with van der Waals surface area (Å²) in [6.45, 7) is 6.65. The molecule has 0 aromatic carbocycles. The van der Waals surface area contributed by atoms with Crippen LogP contribution in [0.1, 0.15) is 35.0 Å². The van der Waals surface area contributed by atoms with Crippen LogP contribution >= 0.6 is 11.3 Å². The van der Waals surface area contributed by atoms with E-state index in [1.807, 2.05) is 0 Å². The fraction of sp³-hybridized carbons (Fsp3) is 0.438. The fourth-order valence-electron chi connectivity index (χ4n) is 2.53. The van der Waals surface area contributed by atoms with Gasteiger partial charge in [0, 0.05) is 24.4 Å². The van der Waals surface area contributed by atoms with Crippen molar-refractivity contribution in [2.75, 3.05) is 18.4 Å². The van der Waals surface area contributed by atoms with Gasteiger partial charge in [0.15, 0.2) is 10.9 Å². The van der Waals surface area contributed by atoms with Gasteiger partial charge in [0.05, 0.1) is 12.0 Å². The first-order valence-electron chi connectivity index (χ1n) is 7.93.